The Morgan fingerprint density at radius 2 is 1.55 bits per heavy atom. The lowest BCUT2D eigenvalue weighted by Crippen LogP contribution is -2.24. The number of hydrogen-bond donors (Lipinski definition) is 2. The molecule has 0 aliphatic rings. The monoisotopic (exact) mass is 399 g/mol. The Balaban J connectivity index is 1.72. The number of nitrogens with zero attached hydrogens (tertiary/aromatic N) is 1. The molecule has 148 valence electrons. The molecule has 3 rings (SSSR count). The highest BCUT2D eigenvalue weighted by molar-refractivity contribution is 6.06. The number of rotatable bonds is 5. The van der Waals surface area contributed by atoms with Crippen LogP contribution in [0.2, 0.25) is 0 Å². The Kier molecular flexibility index (Phi) is 5.92. The van der Waals surface area contributed by atoms with E-state index in [2.05, 4.69) is 15.6 Å². The van der Waals surface area contributed by atoms with Crippen LogP contribution in [0.25, 0.3) is 0 Å². The fourth-order valence-corrected chi connectivity index (χ4v) is 2.61. The minimum absolute atomic E-state index is 0.0625. The maximum Gasteiger partial charge on any atom is 0.418 e. The van der Waals surface area contributed by atoms with Gasteiger partial charge in [-0.2, -0.15) is 13.2 Å². The van der Waals surface area contributed by atoms with Gasteiger partial charge in [-0.15, -0.1) is 0 Å². The van der Waals surface area contributed by atoms with Crippen molar-refractivity contribution in [2.75, 3.05) is 5.32 Å². The number of carbonyl (C=O) groups is 2. The molecule has 2 amide bonds. The van der Waals surface area contributed by atoms with E-state index in [1.54, 1.807) is 24.4 Å². The van der Waals surface area contributed by atoms with Crippen molar-refractivity contribution < 1.29 is 22.8 Å². The molecule has 1 aromatic heterocycles. The smallest absolute Gasteiger partial charge is 0.346 e. The quantitative estimate of drug-likeness (QED) is 0.673. The molecule has 0 atom stereocenters. The summed E-state index contributed by atoms with van der Waals surface area (Å²) < 4.78 is 39.3. The maximum absolute atomic E-state index is 13.1. The summed E-state index contributed by atoms with van der Waals surface area (Å²) in [4.78, 5) is 28.8. The Morgan fingerprint density at radius 3 is 2.24 bits per heavy atom. The fourth-order valence-electron chi connectivity index (χ4n) is 2.61. The van der Waals surface area contributed by atoms with Gasteiger partial charge in [-0.1, -0.05) is 24.3 Å². The van der Waals surface area contributed by atoms with Gasteiger partial charge in [-0.3, -0.25) is 14.6 Å². The Labute approximate surface area is 164 Å². The molecule has 0 aliphatic heterocycles. The summed E-state index contributed by atoms with van der Waals surface area (Å²) in [7, 11) is 0. The third kappa shape index (κ3) is 5.19. The molecule has 2 N–H and O–H groups in total. The highest BCUT2D eigenvalue weighted by atomic mass is 19.4. The van der Waals surface area contributed by atoms with E-state index in [1.807, 2.05) is 0 Å². The van der Waals surface area contributed by atoms with Gasteiger partial charge in [0.15, 0.2) is 0 Å². The predicted molar refractivity (Wildman–Crippen MR) is 101 cm³/mol. The van der Waals surface area contributed by atoms with Crippen LogP contribution in [0.3, 0.4) is 0 Å². The van der Waals surface area contributed by atoms with Gasteiger partial charge in [0.1, 0.15) is 0 Å². The molecule has 0 unspecified atom stereocenters. The average molecular weight is 399 g/mol. The van der Waals surface area contributed by atoms with E-state index >= 15 is 0 Å². The predicted octanol–water partition coefficient (Wildman–Crippen LogP) is 4.28. The zero-order chi connectivity index (χ0) is 20.9. The molecule has 0 radical (unpaired) electrons. The topological polar surface area (TPSA) is 71.1 Å². The average Bonchev–Trinajstić information content (AvgIpc) is 2.72. The summed E-state index contributed by atoms with van der Waals surface area (Å²) in [6.45, 7) is 0.203. The fraction of sp³-hybridized carbons (Fsp3) is 0.0952. The summed E-state index contributed by atoms with van der Waals surface area (Å²) >= 11 is 0. The summed E-state index contributed by atoms with van der Waals surface area (Å²) in [6, 6.07) is 15.7. The molecule has 3 aromatic rings. The number of nitrogens with one attached hydrogen (secondary N) is 2. The molecular weight excluding hydrogens is 383 g/mol. The molecule has 0 bridgehead atoms. The molecule has 1 heterocycles. The van der Waals surface area contributed by atoms with Crippen LogP contribution in [-0.2, 0) is 12.7 Å². The van der Waals surface area contributed by atoms with Crippen molar-refractivity contribution in [1.82, 2.24) is 10.3 Å². The van der Waals surface area contributed by atoms with Crippen LogP contribution in [0, 0.1) is 0 Å². The molecule has 0 aliphatic carbocycles. The third-order valence-corrected chi connectivity index (χ3v) is 4.02. The number of pyridine rings is 1. The molecule has 5 nitrogen and oxygen atoms in total. The van der Waals surface area contributed by atoms with Gasteiger partial charge in [0.25, 0.3) is 11.8 Å². The van der Waals surface area contributed by atoms with Crippen LogP contribution in [0.5, 0.6) is 0 Å². The summed E-state index contributed by atoms with van der Waals surface area (Å²) in [5.41, 5.74) is -0.365. The number of halogens is 3. The van der Waals surface area contributed by atoms with Gasteiger partial charge in [0.2, 0.25) is 0 Å². The van der Waals surface area contributed by atoms with Gasteiger partial charge < -0.3 is 10.6 Å². The van der Waals surface area contributed by atoms with E-state index in [0.717, 1.165) is 6.07 Å². The number of aromatic nitrogens is 1. The van der Waals surface area contributed by atoms with Crippen LogP contribution in [0.1, 0.15) is 32.0 Å². The molecule has 29 heavy (non-hydrogen) atoms. The van der Waals surface area contributed by atoms with Crippen LogP contribution < -0.4 is 10.6 Å². The molecule has 0 fully saturated rings. The number of carbonyl (C=O) groups excluding carboxylic acids is 2. The van der Waals surface area contributed by atoms with Gasteiger partial charge in [0.05, 0.1) is 23.5 Å². The number of para-hydroxylation sites is 1. The van der Waals surface area contributed by atoms with E-state index < -0.39 is 23.6 Å². The van der Waals surface area contributed by atoms with Gasteiger partial charge >= 0.3 is 6.18 Å². The minimum atomic E-state index is -4.60. The first-order valence-electron chi connectivity index (χ1n) is 8.60. The molecule has 2 aromatic carbocycles. The minimum Gasteiger partial charge on any atom is -0.346 e. The standard InChI is InChI=1S/C21H16F3N3O2/c22-21(23,24)17-9-1-2-10-18(17)27-20(29)15-7-5-6-14(12-15)19(28)26-13-16-8-3-4-11-25-16/h1-12H,13H2,(H,26,28)(H,27,29). The number of amides is 2. The molecule has 0 spiro atoms. The van der Waals surface area contributed by atoms with Crippen molar-refractivity contribution >= 4 is 17.5 Å². The second-order valence-electron chi connectivity index (χ2n) is 6.08. The van der Waals surface area contributed by atoms with Gasteiger partial charge in [-0.05, 0) is 42.5 Å². The number of alkyl halides is 3. The van der Waals surface area contributed by atoms with Crippen LogP contribution >= 0.6 is 0 Å². The Bertz CT molecular complexity index is 1020. The van der Waals surface area contributed by atoms with E-state index in [4.69, 9.17) is 0 Å². The number of benzene rings is 2. The van der Waals surface area contributed by atoms with Gasteiger partial charge in [0, 0.05) is 17.3 Å². The zero-order valence-corrected chi connectivity index (χ0v) is 15.0. The first-order chi connectivity index (χ1) is 13.8. The molecule has 0 saturated heterocycles. The lowest BCUT2D eigenvalue weighted by Gasteiger charge is -2.13. The first kappa shape index (κ1) is 20.1. The SMILES string of the molecule is O=C(NCc1ccccn1)c1cccc(C(=O)Nc2ccccc2C(F)(F)F)c1. The highest BCUT2D eigenvalue weighted by Gasteiger charge is 2.33. The van der Waals surface area contributed by atoms with Crippen molar-refractivity contribution in [3.63, 3.8) is 0 Å². The highest BCUT2D eigenvalue weighted by Crippen LogP contribution is 2.34. The van der Waals surface area contributed by atoms with Crippen LogP contribution in [0.4, 0.5) is 18.9 Å². The molecule has 8 heteroatoms. The van der Waals surface area contributed by atoms with Crippen molar-refractivity contribution in [3.05, 3.63) is 95.3 Å². The second kappa shape index (κ2) is 8.55. The molecular formula is C21H16F3N3O2. The second-order valence-corrected chi connectivity index (χ2v) is 6.08. The maximum atomic E-state index is 13.1. The van der Waals surface area contributed by atoms with Crippen molar-refractivity contribution in [1.29, 1.82) is 0 Å². The largest absolute Gasteiger partial charge is 0.418 e. The number of hydrogen-bond acceptors (Lipinski definition) is 3. The van der Waals surface area contributed by atoms with Crippen molar-refractivity contribution in [2.45, 2.75) is 12.7 Å². The van der Waals surface area contributed by atoms with E-state index in [0.29, 0.717) is 5.69 Å². The first-order valence-corrected chi connectivity index (χ1v) is 8.60. The zero-order valence-electron chi connectivity index (χ0n) is 15.0. The third-order valence-electron chi connectivity index (χ3n) is 4.02. The number of anilines is 1. The van der Waals surface area contributed by atoms with E-state index in [-0.39, 0.29) is 23.4 Å². The summed E-state index contributed by atoms with van der Waals surface area (Å²) in [5.74, 6) is -1.18. The lowest BCUT2D eigenvalue weighted by molar-refractivity contribution is -0.136. The van der Waals surface area contributed by atoms with E-state index in [9.17, 15) is 22.8 Å². The van der Waals surface area contributed by atoms with Crippen LogP contribution in [0.15, 0.2) is 72.9 Å². The summed E-state index contributed by atoms with van der Waals surface area (Å²) in [6.07, 6.45) is -3.00. The summed E-state index contributed by atoms with van der Waals surface area (Å²) in [5, 5.41) is 4.93. The molecule has 0 saturated carbocycles. The van der Waals surface area contributed by atoms with Gasteiger partial charge in [-0.25, -0.2) is 0 Å². The van der Waals surface area contributed by atoms with Crippen LogP contribution in [-0.4, -0.2) is 16.8 Å². The lowest BCUT2D eigenvalue weighted by atomic mass is 10.1. The Hall–Kier alpha value is -3.68. The van der Waals surface area contributed by atoms with Crippen molar-refractivity contribution in [2.24, 2.45) is 0 Å². The van der Waals surface area contributed by atoms with Crippen molar-refractivity contribution in [3.8, 4) is 0 Å². The van der Waals surface area contributed by atoms with E-state index in [1.165, 1.54) is 42.5 Å². The normalized spacial score (nSPS) is 11.0. The Morgan fingerprint density at radius 1 is 0.862 bits per heavy atom.